The van der Waals surface area contributed by atoms with Gasteiger partial charge >= 0.3 is 0 Å². The van der Waals surface area contributed by atoms with Crippen molar-refractivity contribution in [3.63, 3.8) is 0 Å². The Morgan fingerprint density at radius 2 is 2.06 bits per heavy atom. The number of hydrogen-bond donors (Lipinski definition) is 2. The molecule has 0 saturated carbocycles. The Labute approximate surface area is 108 Å². The Morgan fingerprint density at radius 3 is 2.89 bits per heavy atom. The lowest BCUT2D eigenvalue weighted by atomic mass is 10.2. The Morgan fingerprint density at radius 1 is 1.22 bits per heavy atom. The molecular formula is C15H20N2O. The third-order valence-electron chi connectivity index (χ3n) is 2.94. The Kier molecular flexibility index (Phi) is 4.67. The van der Waals surface area contributed by atoms with E-state index >= 15 is 0 Å². The molecule has 0 saturated heterocycles. The minimum absolute atomic E-state index is 0.203. The van der Waals surface area contributed by atoms with Crippen LogP contribution in [0.25, 0.3) is 10.9 Å². The minimum atomic E-state index is -0.203. The zero-order chi connectivity index (χ0) is 12.8. The van der Waals surface area contributed by atoms with Gasteiger partial charge < -0.3 is 10.4 Å². The summed E-state index contributed by atoms with van der Waals surface area (Å²) in [7, 11) is 0. The molecule has 2 N–H and O–H groups in total. The fourth-order valence-electron chi connectivity index (χ4n) is 1.95. The molecule has 0 radical (unpaired) electrons. The Bertz CT molecular complexity index is 497. The summed E-state index contributed by atoms with van der Waals surface area (Å²) in [5.41, 5.74) is 2.10. The summed E-state index contributed by atoms with van der Waals surface area (Å²) < 4.78 is 0. The van der Waals surface area contributed by atoms with Crippen LogP contribution in [-0.4, -0.2) is 22.7 Å². The summed E-state index contributed by atoms with van der Waals surface area (Å²) in [4.78, 5) is 4.60. The zero-order valence-corrected chi connectivity index (χ0v) is 10.8. The number of nitrogens with one attached hydrogen (secondary N) is 1. The SMILES string of the molecule is CC(O)CCCNCc1ccc2ccccc2n1. The highest BCUT2D eigenvalue weighted by Crippen LogP contribution is 2.11. The number of aliphatic hydroxyl groups excluding tert-OH is 1. The van der Waals surface area contributed by atoms with Crippen LogP contribution in [0.4, 0.5) is 0 Å². The average Bonchev–Trinajstić information content (AvgIpc) is 2.38. The zero-order valence-electron chi connectivity index (χ0n) is 10.8. The first kappa shape index (κ1) is 13.0. The van der Waals surface area contributed by atoms with E-state index in [4.69, 9.17) is 5.11 Å². The first-order valence-electron chi connectivity index (χ1n) is 6.49. The van der Waals surface area contributed by atoms with Gasteiger partial charge in [0.25, 0.3) is 0 Å². The second kappa shape index (κ2) is 6.47. The van der Waals surface area contributed by atoms with Gasteiger partial charge in [-0.15, -0.1) is 0 Å². The van der Waals surface area contributed by atoms with Gasteiger partial charge in [-0.05, 0) is 38.4 Å². The fourth-order valence-corrected chi connectivity index (χ4v) is 1.95. The number of pyridine rings is 1. The molecule has 1 heterocycles. The Balaban J connectivity index is 1.84. The lowest BCUT2D eigenvalue weighted by Gasteiger charge is -2.06. The molecule has 0 fully saturated rings. The smallest absolute Gasteiger partial charge is 0.0705 e. The fraction of sp³-hybridized carbons (Fsp3) is 0.400. The highest BCUT2D eigenvalue weighted by Gasteiger charge is 1.98. The monoisotopic (exact) mass is 244 g/mol. The van der Waals surface area contributed by atoms with Crippen LogP contribution in [0.2, 0.25) is 0 Å². The molecule has 18 heavy (non-hydrogen) atoms. The van der Waals surface area contributed by atoms with Gasteiger partial charge in [-0.1, -0.05) is 24.3 Å². The van der Waals surface area contributed by atoms with Crippen molar-refractivity contribution in [2.75, 3.05) is 6.54 Å². The summed E-state index contributed by atoms with van der Waals surface area (Å²) >= 11 is 0. The number of aromatic nitrogens is 1. The van der Waals surface area contributed by atoms with E-state index in [0.717, 1.165) is 37.1 Å². The Hall–Kier alpha value is -1.45. The van der Waals surface area contributed by atoms with Crippen molar-refractivity contribution < 1.29 is 5.11 Å². The van der Waals surface area contributed by atoms with Crippen molar-refractivity contribution in [2.45, 2.75) is 32.4 Å². The normalized spacial score (nSPS) is 12.8. The number of hydrogen-bond acceptors (Lipinski definition) is 3. The molecule has 0 aliphatic heterocycles. The molecule has 2 aromatic rings. The number of benzene rings is 1. The molecular weight excluding hydrogens is 224 g/mol. The van der Waals surface area contributed by atoms with E-state index in [1.54, 1.807) is 0 Å². The van der Waals surface area contributed by atoms with E-state index in [-0.39, 0.29) is 6.10 Å². The molecule has 1 atom stereocenters. The molecule has 0 bridgehead atoms. The van der Waals surface area contributed by atoms with Crippen LogP contribution in [0, 0.1) is 0 Å². The summed E-state index contributed by atoms with van der Waals surface area (Å²) in [6.45, 7) is 3.52. The van der Waals surface area contributed by atoms with Gasteiger partial charge in [0, 0.05) is 11.9 Å². The summed E-state index contributed by atoms with van der Waals surface area (Å²) in [6, 6.07) is 12.3. The summed E-state index contributed by atoms with van der Waals surface area (Å²) in [5.74, 6) is 0. The molecule has 1 unspecified atom stereocenters. The van der Waals surface area contributed by atoms with E-state index in [1.807, 2.05) is 25.1 Å². The minimum Gasteiger partial charge on any atom is -0.393 e. The molecule has 0 spiro atoms. The van der Waals surface area contributed by atoms with Crippen LogP contribution >= 0.6 is 0 Å². The van der Waals surface area contributed by atoms with Crippen molar-refractivity contribution in [1.29, 1.82) is 0 Å². The molecule has 3 heteroatoms. The lowest BCUT2D eigenvalue weighted by Crippen LogP contribution is -2.16. The second-order valence-corrected chi connectivity index (χ2v) is 4.66. The molecule has 96 valence electrons. The number of para-hydroxylation sites is 1. The van der Waals surface area contributed by atoms with Crippen LogP contribution in [0.1, 0.15) is 25.5 Å². The van der Waals surface area contributed by atoms with Crippen molar-refractivity contribution in [2.24, 2.45) is 0 Å². The maximum Gasteiger partial charge on any atom is 0.0705 e. The van der Waals surface area contributed by atoms with Crippen LogP contribution < -0.4 is 5.32 Å². The van der Waals surface area contributed by atoms with Crippen molar-refractivity contribution in [1.82, 2.24) is 10.3 Å². The van der Waals surface area contributed by atoms with Gasteiger partial charge in [0.2, 0.25) is 0 Å². The van der Waals surface area contributed by atoms with Gasteiger partial charge in [-0.25, -0.2) is 0 Å². The maximum atomic E-state index is 9.15. The van der Waals surface area contributed by atoms with Crippen LogP contribution in [0.5, 0.6) is 0 Å². The van der Waals surface area contributed by atoms with Gasteiger partial charge in [-0.3, -0.25) is 4.98 Å². The predicted molar refractivity (Wildman–Crippen MR) is 74.4 cm³/mol. The quantitative estimate of drug-likeness (QED) is 0.767. The van der Waals surface area contributed by atoms with Gasteiger partial charge in [0.05, 0.1) is 17.3 Å². The topological polar surface area (TPSA) is 45.1 Å². The van der Waals surface area contributed by atoms with Crippen LogP contribution in [-0.2, 0) is 6.54 Å². The molecule has 0 aliphatic carbocycles. The number of aliphatic hydroxyl groups is 1. The molecule has 1 aromatic carbocycles. The third kappa shape index (κ3) is 3.79. The van der Waals surface area contributed by atoms with Gasteiger partial charge in [-0.2, -0.15) is 0 Å². The van der Waals surface area contributed by atoms with E-state index in [1.165, 1.54) is 5.39 Å². The second-order valence-electron chi connectivity index (χ2n) is 4.66. The van der Waals surface area contributed by atoms with Gasteiger partial charge in [0.15, 0.2) is 0 Å². The predicted octanol–water partition coefficient (Wildman–Crippen LogP) is 2.49. The van der Waals surface area contributed by atoms with E-state index in [2.05, 4.69) is 28.5 Å². The number of nitrogens with zero attached hydrogens (tertiary/aromatic N) is 1. The van der Waals surface area contributed by atoms with E-state index in [9.17, 15) is 0 Å². The largest absolute Gasteiger partial charge is 0.393 e. The van der Waals surface area contributed by atoms with E-state index in [0.29, 0.717) is 0 Å². The number of rotatable bonds is 6. The first-order valence-corrected chi connectivity index (χ1v) is 6.49. The van der Waals surface area contributed by atoms with Crippen molar-refractivity contribution in [3.8, 4) is 0 Å². The van der Waals surface area contributed by atoms with Crippen LogP contribution in [0.15, 0.2) is 36.4 Å². The number of fused-ring (bicyclic) bond motifs is 1. The highest BCUT2D eigenvalue weighted by molar-refractivity contribution is 5.78. The molecule has 2 rings (SSSR count). The summed E-state index contributed by atoms with van der Waals surface area (Å²) in [5, 5.41) is 13.7. The van der Waals surface area contributed by atoms with Crippen LogP contribution in [0.3, 0.4) is 0 Å². The lowest BCUT2D eigenvalue weighted by molar-refractivity contribution is 0.181. The third-order valence-corrected chi connectivity index (χ3v) is 2.94. The maximum absolute atomic E-state index is 9.15. The average molecular weight is 244 g/mol. The standard InChI is InChI=1S/C15H20N2O/c1-12(18)5-4-10-16-11-14-9-8-13-6-2-3-7-15(13)17-14/h2-3,6-9,12,16,18H,4-5,10-11H2,1H3. The molecule has 1 aromatic heterocycles. The van der Waals surface area contributed by atoms with Gasteiger partial charge in [0.1, 0.15) is 0 Å². The van der Waals surface area contributed by atoms with Crippen molar-refractivity contribution >= 4 is 10.9 Å². The van der Waals surface area contributed by atoms with Crippen molar-refractivity contribution in [3.05, 3.63) is 42.1 Å². The molecule has 0 aliphatic rings. The highest BCUT2D eigenvalue weighted by atomic mass is 16.3. The molecule has 0 amide bonds. The van der Waals surface area contributed by atoms with E-state index < -0.39 is 0 Å². The molecule has 3 nitrogen and oxygen atoms in total. The summed E-state index contributed by atoms with van der Waals surface area (Å²) in [6.07, 6.45) is 1.63. The first-order chi connectivity index (χ1) is 8.75.